The number of hydrogen-bond acceptors (Lipinski definition) is 8. The van der Waals surface area contributed by atoms with Crippen LogP contribution in [0.1, 0.15) is 70.8 Å². The maximum Gasteiger partial charge on any atom is 0.338 e. The number of nitrogens with one attached hydrogen (secondary N) is 2. The molecule has 218 valence electrons. The molecule has 2 aromatic carbocycles. The van der Waals surface area contributed by atoms with E-state index in [0.29, 0.717) is 22.5 Å². The fourth-order valence-electron chi connectivity index (χ4n) is 3.56. The average molecular weight is 566 g/mol. The molecule has 1 aliphatic heterocycles. The van der Waals surface area contributed by atoms with Crippen molar-refractivity contribution in [3.63, 3.8) is 0 Å². The van der Waals surface area contributed by atoms with Crippen LogP contribution in [0.5, 0.6) is 0 Å². The van der Waals surface area contributed by atoms with Gasteiger partial charge in [0.05, 0.1) is 34.8 Å². The van der Waals surface area contributed by atoms with Gasteiger partial charge in [-0.25, -0.2) is 14.4 Å². The summed E-state index contributed by atoms with van der Waals surface area (Å²) in [4.78, 5) is 68.8. The topological polar surface area (TPSA) is 140 Å². The summed E-state index contributed by atoms with van der Waals surface area (Å²) in [6.07, 6.45) is 0.223. The lowest BCUT2D eigenvalue weighted by Gasteiger charge is -2.22. The highest BCUT2D eigenvalue weighted by molar-refractivity contribution is 6.33. The van der Waals surface area contributed by atoms with Crippen LogP contribution in [0.4, 0.5) is 21.9 Å². The number of hydroxylamine groups is 1. The number of benzene rings is 2. The third-order valence-electron chi connectivity index (χ3n) is 5.92. The average Bonchev–Trinajstić information content (AvgIpc) is 3.16. The van der Waals surface area contributed by atoms with Crippen molar-refractivity contribution in [2.24, 2.45) is 10.8 Å². The van der Waals surface area contributed by atoms with Crippen molar-refractivity contribution in [1.82, 2.24) is 0 Å². The third kappa shape index (κ3) is 7.10. The Hall–Kier alpha value is -4.67. The van der Waals surface area contributed by atoms with Crippen LogP contribution in [-0.4, -0.2) is 37.0 Å². The van der Waals surface area contributed by atoms with Crippen LogP contribution in [0.2, 0.25) is 0 Å². The van der Waals surface area contributed by atoms with E-state index in [1.54, 1.807) is 72.7 Å². The molecule has 11 heteroatoms. The zero-order chi connectivity index (χ0) is 30.7. The minimum atomic E-state index is -0.918. The van der Waals surface area contributed by atoms with Gasteiger partial charge in [0.25, 0.3) is 5.91 Å². The Balaban J connectivity index is 1.95. The van der Waals surface area contributed by atoms with E-state index in [1.165, 1.54) is 25.3 Å². The number of amides is 3. The van der Waals surface area contributed by atoms with E-state index in [-0.39, 0.29) is 23.4 Å². The minimum absolute atomic E-state index is 0.0866. The molecule has 3 rings (SSSR count). The summed E-state index contributed by atoms with van der Waals surface area (Å²) in [5.74, 6) is -2.22. The van der Waals surface area contributed by atoms with Crippen molar-refractivity contribution in [2.75, 3.05) is 22.8 Å². The van der Waals surface area contributed by atoms with E-state index in [2.05, 4.69) is 15.4 Å². The second-order valence-electron chi connectivity index (χ2n) is 11.4. The number of esters is 2. The predicted molar refractivity (Wildman–Crippen MR) is 153 cm³/mol. The molecular weight excluding hydrogens is 530 g/mol. The molecule has 1 aliphatic rings. The van der Waals surface area contributed by atoms with Gasteiger partial charge in [0, 0.05) is 23.4 Å². The Morgan fingerprint density at radius 1 is 0.829 bits per heavy atom. The van der Waals surface area contributed by atoms with Crippen LogP contribution >= 0.6 is 0 Å². The highest BCUT2D eigenvalue weighted by Crippen LogP contribution is 2.42. The van der Waals surface area contributed by atoms with Crippen molar-refractivity contribution in [3.05, 3.63) is 59.4 Å². The first-order chi connectivity index (χ1) is 19.1. The number of anilines is 3. The molecule has 0 saturated heterocycles. The molecule has 1 heterocycles. The molecule has 0 aliphatic carbocycles. The minimum Gasteiger partial charge on any atom is -0.465 e. The molecule has 11 nitrogen and oxygen atoms in total. The number of nitrogens with zero attached hydrogens (tertiary/aromatic N) is 1. The zero-order valence-electron chi connectivity index (χ0n) is 24.5. The zero-order valence-corrected chi connectivity index (χ0v) is 24.5. The third-order valence-corrected chi connectivity index (χ3v) is 5.92. The summed E-state index contributed by atoms with van der Waals surface area (Å²) < 4.78 is 10.3. The van der Waals surface area contributed by atoms with Gasteiger partial charge in [-0.15, -0.1) is 5.06 Å². The maximum atomic E-state index is 13.6. The molecule has 0 atom stereocenters. The van der Waals surface area contributed by atoms with Gasteiger partial charge in [-0.05, 0) is 84.0 Å². The maximum absolute atomic E-state index is 13.6. The molecule has 2 aromatic rings. The Kier molecular flexibility index (Phi) is 8.90. The van der Waals surface area contributed by atoms with E-state index in [1.807, 2.05) is 0 Å². The highest BCUT2D eigenvalue weighted by Gasteiger charge is 2.41. The molecule has 0 fully saturated rings. The molecule has 3 amide bonds. The normalized spacial score (nSPS) is 14.1. The summed E-state index contributed by atoms with van der Waals surface area (Å²) >= 11 is 0. The van der Waals surface area contributed by atoms with E-state index in [4.69, 9.17) is 9.57 Å². The molecule has 0 radical (unpaired) electrons. The molecule has 0 bridgehead atoms. The van der Waals surface area contributed by atoms with Crippen LogP contribution in [0.15, 0.2) is 48.2 Å². The van der Waals surface area contributed by atoms with Gasteiger partial charge in [-0.2, -0.15) is 0 Å². The Morgan fingerprint density at radius 3 is 1.93 bits per heavy atom. The molecule has 0 aromatic heterocycles. The lowest BCUT2D eigenvalue weighted by molar-refractivity contribution is -0.157. The van der Waals surface area contributed by atoms with Gasteiger partial charge < -0.3 is 24.9 Å². The number of carbonyl (C=O) groups is 5. The molecule has 41 heavy (non-hydrogen) atoms. The Labute approximate surface area is 238 Å². The van der Waals surface area contributed by atoms with Crippen molar-refractivity contribution >= 4 is 52.5 Å². The molecule has 2 N–H and O–H groups in total. The van der Waals surface area contributed by atoms with Crippen molar-refractivity contribution in [2.45, 2.75) is 54.9 Å². The number of hydrogen-bond donors (Lipinski definition) is 2. The van der Waals surface area contributed by atoms with Crippen LogP contribution in [-0.2, 0) is 28.7 Å². The first-order valence-electron chi connectivity index (χ1n) is 13.0. The number of methoxy groups -OCH3 is 1. The fourth-order valence-corrected chi connectivity index (χ4v) is 3.56. The van der Waals surface area contributed by atoms with Crippen LogP contribution in [0.25, 0.3) is 5.57 Å². The molecule has 0 spiro atoms. The standard InChI is InChI=1S/C30H35N3O8/c1-9-22(40-26(36)29(2,3)4)23-20-15-14-19(16-21(20)33(24(23)34)41-27(37)30(5,6)7)32-28(38)31-18-12-10-17(11-13-18)25(35)39-8/h10-16H,9H2,1-8H3,(H2,31,32,38)/b23-22-. The molecule has 0 saturated carbocycles. The summed E-state index contributed by atoms with van der Waals surface area (Å²) in [6.45, 7) is 11.8. The van der Waals surface area contributed by atoms with Gasteiger partial charge in [0.1, 0.15) is 5.76 Å². The van der Waals surface area contributed by atoms with Crippen LogP contribution in [0, 0.1) is 10.8 Å². The summed E-state index contributed by atoms with van der Waals surface area (Å²) in [6, 6.07) is 10.1. The summed E-state index contributed by atoms with van der Waals surface area (Å²) in [7, 11) is 1.28. The highest BCUT2D eigenvalue weighted by atomic mass is 16.7. The van der Waals surface area contributed by atoms with Gasteiger partial charge in [-0.1, -0.05) is 6.92 Å². The number of carbonyl (C=O) groups excluding carboxylic acids is 5. The van der Waals surface area contributed by atoms with Gasteiger partial charge in [0.15, 0.2) is 0 Å². The second kappa shape index (κ2) is 11.8. The molecule has 0 unspecified atom stereocenters. The summed E-state index contributed by atoms with van der Waals surface area (Å²) in [5, 5.41) is 6.18. The van der Waals surface area contributed by atoms with Crippen molar-refractivity contribution < 1.29 is 38.3 Å². The van der Waals surface area contributed by atoms with Crippen molar-refractivity contribution in [1.29, 1.82) is 0 Å². The van der Waals surface area contributed by atoms with Gasteiger partial charge in [-0.3, -0.25) is 9.59 Å². The first kappa shape index (κ1) is 30.9. The van der Waals surface area contributed by atoms with E-state index < -0.39 is 40.7 Å². The largest absolute Gasteiger partial charge is 0.465 e. The number of ether oxygens (including phenoxy) is 2. The number of allylic oxidation sites excluding steroid dienone is 1. The number of fused-ring (bicyclic) bond motifs is 1. The number of rotatable bonds is 6. The second-order valence-corrected chi connectivity index (χ2v) is 11.4. The lowest BCUT2D eigenvalue weighted by Crippen LogP contribution is -2.35. The fraction of sp³-hybridized carbons (Fsp3) is 0.367. The summed E-state index contributed by atoms with van der Waals surface area (Å²) in [5.41, 5.74) is -0.0317. The van der Waals surface area contributed by atoms with Gasteiger partial charge in [0.2, 0.25) is 0 Å². The van der Waals surface area contributed by atoms with E-state index in [0.717, 1.165) is 5.06 Å². The lowest BCUT2D eigenvalue weighted by atomic mass is 9.97. The van der Waals surface area contributed by atoms with Crippen LogP contribution in [0.3, 0.4) is 0 Å². The quantitative estimate of drug-likeness (QED) is 0.259. The SMILES string of the molecule is CC/C(OC(=O)C(C)(C)C)=C1/C(=O)N(OC(=O)C(C)(C)C)c2cc(NC(=O)Nc3ccc(C(=O)OC)cc3)ccc21. The first-order valence-corrected chi connectivity index (χ1v) is 13.0. The van der Waals surface area contributed by atoms with Gasteiger partial charge >= 0.3 is 23.9 Å². The smallest absolute Gasteiger partial charge is 0.338 e. The molecular formula is C30H35N3O8. The Bertz CT molecular complexity index is 1410. The van der Waals surface area contributed by atoms with Crippen molar-refractivity contribution in [3.8, 4) is 0 Å². The van der Waals surface area contributed by atoms with Crippen LogP contribution < -0.4 is 15.7 Å². The monoisotopic (exact) mass is 565 g/mol. The Morgan fingerprint density at radius 2 is 1.39 bits per heavy atom. The predicted octanol–water partition coefficient (Wildman–Crippen LogP) is 5.68. The van der Waals surface area contributed by atoms with E-state index in [9.17, 15) is 24.0 Å². The van der Waals surface area contributed by atoms with E-state index >= 15 is 0 Å². The number of urea groups is 1.